The summed E-state index contributed by atoms with van der Waals surface area (Å²) in [4.78, 5) is 4.70. The molecule has 0 saturated heterocycles. The van der Waals surface area contributed by atoms with Gasteiger partial charge in [-0.2, -0.15) is 0 Å². The smallest absolute Gasteiger partial charge is 0.0926 e. The summed E-state index contributed by atoms with van der Waals surface area (Å²) in [5, 5.41) is 0. The van der Waals surface area contributed by atoms with Gasteiger partial charge in [-0.05, 0) is 30.4 Å². The Morgan fingerprint density at radius 1 is 1.56 bits per heavy atom. The Morgan fingerprint density at radius 2 is 2.25 bits per heavy atom. The maximum absolute atomic E-state index is 4.70. The second-order valence-corrected chi connectivity index (χ2v) is 5.78. The molecule has 0 radical (unpaired) electrons. The number of rotatable bonds is 2. The Hall–Kier alpha value is -1.11. The van der Waals surface area contributed by atoms with Crippen molar-refractivity contribution in [3.05, 3.63) is 36.0 Å². The third-order valence-corrected chi connectivity index (χ3v) is 3.76. The van der Waals surface area contributed by atoms with Gasteiger partial charge in [0.05, 0.1) is 5.54 Å². The molecule has 1 aliphatic heterocycles. The minimum atomic E-state index is 0.0356. The third kappa shape index (κ3) is 1.50. The lowest BCUT2D eigenvalue weighted by molar-refractivity contribution is 0.463. The van der Waals surface area contributed by atoms with Crippen LogP contribution in [0, 0.1) is 11.3 Å². The summed E-state index contributed by atoms with van der Waals surface area (Å²) >= 11 is 0. The molecule has 16 heavy (non-hydrogen) atoms. The van der Waals surface area contributed by atoms with Crippen LogP contribution in [0.2, 0.25) is 0 Å². The van der Waals surface area contributed by atoms with Crippen molar-refractivity contribution in [2.24, 2.45) is 16.3 Å². The minimum Gasteiger partial charge on any atom is -0.281 e. The molecule has 0 spiro atoms. The predicted octanol–water partition coefficient (Wildman–Crippen LogP) is 3.93. The second-order valence-electron chi connectivity index (χ2n) is 5.78. The van der Waals surface area contributed by atoms with Crippen LogP contribution in [0.15, 0.2) is 40.9 Å². The highest BCUT2D eigenvalue weighted by Gasteiger charge is 2.59. The number of dihydropyridines is 1. The summed E-state index contributed by atoms with van der Waals surface area (Å²) in [5.74, 6) is 0.599. The molecule has 2 unspecified atom stereocenters. The molecule has 1 nitrogen and oxygen atoms in total. The molecule has 0 N–H and O–H groups in total. The van der Waals surface area contributed by atoms with Crippen LogP contribution >= 0.6 is 0 Å². The summed E-state index contributed by atoms with van der Waals surface area (Å²) in [6.45, 7) is 12.8. The second kappa shape index (κ2) is 3.44. The molecule has 0 amide bonds. The zero-order valence-electron chi connectivity index (χ0n) is 10.7. The standard InChI is InChI=1S/C15H21N/c1-6-11(7-2)15-10-13(15)12(8-9-16-15)14(3,4)5/h6-9,13H,1,10H2,2-5H3/b11-7+. The number of nitrogens with zero attached hydrogens (tertiary/aromatic N) is 1. The van der Waals surface area contributed by atoms with Gasteiger partial charge in [0.15, 0.2) is 0 Å². The quantitative estimate of drug-likeness (QED) is 0.619. The molecule has 1 heteroatoms. The molecule has 1 saturated carbocycles. The maximum atomic E-state index is 4.70. The van der Waals surface area contributed by atoms with Gasteiger partial charge in [0, 0.05) is 12.1 Å². The fraction of sp³-hybridized carbons (Fsp3) is 0.533. The molecule has 0 bridgehead atoms. The zero-order valence-corrected chi connectivity index (χ0v) is 10.7. The first-order valence-corrected chi connectivity index (χ1v) is 6.01. The predicted molar refractivity (Wildman–Crippen MR) is 70.8 cm³/mol. The molecule has 0 aromatic heterocycles. The molecule has 2 aliphatic rings. The summed E-state index contributed by atoms with van der Waals surface area (Å²) < 4.78 is 0. The summed E-state index contributed by atoms with van der Waals surface area (Å²) in [7, 11) is 0. The van der Waals surface area contributed by atoms with E-state index < -0.39 is 0 Å². The lowest BCUT2D eigenvalue weighted by Crippen LogP contribution is -2.22. The highest BCUT2D eigenvalue weighted by Crippen LogP contribution is 2.60. The topological polar surface area (TPSA) is 12.4 Å². The monoisotopic (exact) mass is 215 g/mol. The van der Waals surface area contributed by atoms with Crippen molar-refractivity contribution in [1.29, 1.82) is 0 Å². The fourth-order valence-corrected chi connectivity index (χ4v) is 2.84. The molecule has 1 fully saturated rings. The Labute approximate surface area is 98.7 Å². The van der Waals surface area contributed by atoms with E-state index in [0.717, 1.165) is 6.42 Å². The lowest BCUT2D eigenvalue weighted by Gasteiger charge is -2.27. The normalized spacial score (nSPS) is 33.1. The molecule has 2 atom stereocenters. The van der Waals surface area contributed by atoms with Gasteiger partial charge in [-0.1, -0.05) is 45.1 Å². The van der Waals surface area contributed by atoms with Crippen molar-refractivity contribution < 1.29 is 0 Å². The van der Waals surface area contributed by atoms with Gasteiger partial charge >= 0.3 is 0 Å². The minimum absolute atomic E-state index is 0.0356. The van der Waals surface area contributed by atoms with Crippen LogP contribution in [0.4, 0.5) is 0 Å². The summed E-state index contributed by atoms with van der Waals surface area (Å²) in [6.07, 6.45) is 9.44. The average Bonchev–Trinajstić information content (AvgIpc) is 2.92. The van der Waals surface area contributed by atoms with E-state index in [0.29, 0.717) is 5.92 Å². The Bertz CT molecular complexity index is 404. The molecule has 0 aromatic carbocycles. The molecule has 86 valence electrons. The van der Waals surface area contributed by atoms with Crippen molar-refractivity contribution in [2.75, 3.05) is 0 Å². The van der Waals surface area contributed by atoms with Crippen molar-refractivity contribution >= 4 is 6.21 Å². The first-order valence-electron chi connectivity index (χ1n) is 6.01. The van der Waals surface area contributed by atoms with E-state index in [1.54, 1.807) is 0 Å². The number of hydrogen-bond donors (Lipinski definition) is 0. The van der Waals surface area contributed by atoms with Crippen LogP contribution in [-0.4, -0.2) is 11.8 Å². The largest absolute Gasteiger partial charge is 0.281 e. The molecule has 1 aliphatic carbocycles. The van der Waals surface area contributed by atoms with E-state index in [-0.39, 0.29) is 11.0 Å². The van der Waals surface area contributed by atoms with Crippen molar-refractivity contribution in [1.82, 2.24) is 0 Å². The molecular weight excluding hydrogens is 194 g/mol. The van der Waals surface area contributed by atoms with Gasteiger partial charge < -0.3 is 0 Å². The van der Waals surface area contributed by atoms with Gasteiger partial charge in [0.25, 0.3) is 0 Å². The van der Waals surface area contributed by atoms with Gasteiger partial charge in [0.1, 0.15) is 0 Å². The first kappa shape index (κ1) is 11.4. The zero-order chi connectivity index (χ0) is 12.0. The van der Waals surface area contributed by atoms with Crippen LogP contribution in [0.1, 0.15) is 34.1 Å². The van der Waals surface area contributed by atoms with Crippen LogP contribution < -0.4 is 0 Å². The van der Waals surface area contributed by atoms with Crippen LogP contribution in [0.5, 0.6) is 0 Å². The van der Waals surface area contributed by atoms with Crippen molar-refractivity contribution in [3.8, 4) is 0 Å². The van der Waals surface area contributed by atoms with Crippen molar-refractivity contribution in [2.45, 2.75) is 39.7 Å². The van der Waals surface area contributed by atoms with Gasteiger partial charge in [-0.3, -0.25) is 4.99 Å². The average molecular weight is 215 g/mol. The summed E-state index contributed by atoms with van der Waals surface area (Å²) in [6, 6.07) is 0. The maximum Gasteiger partial charge on any atom is 0.0926 e. The van der Waals surface area contributed by atoms with Crippen LogP contribution in [0.25, 0.3) is 0 Å². The number of allylic oxidation sites excluding steroid dienone is 2. The highest BCUT2D eigenvalue weighted by atomic mass is 15.0. The van der Waals surface area contributed by atoms with E-state index in [1.807, 2.05) is 12.3 Å². The van der Waals surface area contributed by atoms with E-state index in [1.165, 1.54) is 11.1 Å². The Morgan fingerprint density at radius 3 is 2.75 bits per heavy atom. The Kier molecular flexibility index (Phi) is 2.45. The van der Waals surface area contributed by atoms with E-state index in [9.17, 15) is 0 Å². The SMILES string of the molecule is C=C/C(=C\C)C12CC1C(C(C)(C)C)=CC=N2. The van der Waals surface area contributed by atoms with Gasteiger partial charge in [0.2, 0.25) is 0 Å². The Balaban J connectivity index is 2.34. The molecule has 2 rings (SSSR count). The van der Waals surface area contributed by atoms with Gasteiger partial charge in [-0.15, -0.1) is 0 Å². The first-order chi connectivity index (χ1) is 7.45. The molecular formula is C15H21N. The van der Waals surface area contributed by atoms with E-state index >= 15 is 0 Å². The highest BCUT2D eigenvalue weighted by molar-refractivity contribution is 5.77. The number of fused-ring (bicyclic) bond motifs is 1. The van der Waals surface area contributed by atoms with Crippen molar-refractivity contribution in [3.63, 3.8) is 0 Å². The fourth-order valence-electron chi connectivity index (χ4n) is 2.84. The third-order valence-electron chi connectivity index (χ3n) is 3.76. The van der Waals surface area contributed by atoms with E-state index in [4.69, 9.17) is 4.99 Å². The summed E-state index contributed by atoms with van der Waals surface area (Å²) in [5.41, 5.74) is 3.10. The van der Waals surface area contributed by atoms with E-state index in [2.05, 4.69) is 46.4 Å². The number of aliphatic imine (C=N–C) groups is 1. The van der Waals surface area contributed by atoms with Crippen LogP contribution in [-0.2, 0) is 0 Å². The molecule has 0 aromatic rings. The van der Waals surface area contributed by atoms with Crippen LogP contribution in [0.3, 0.4) is 0 Å². The number of hydrogen-bond acceptors (Lipinski definition) is 1. The lowest BCUT2D eigenvalue weighted by atomic mass is 9.80. The van der Waals surface area contributed by atoms with Gasteiger partial charge in [-0.25, -0.2) is 0 Å². The molecule has 1 heterocycles.